The third-order valence-corrected chi connectivity index (χ3v) is 5.50. The van der Waals surface area contributed by atoms with Crippen molar-refractivity contribution in [2.45, 2.75) is 33.8 Å². The maximum absolute atomic E-state index is 12.5. The van der Waals surface area contributed by atoms with Crippen LogP contribution in [0.5, 0.6) is 0 Å². The van der Waals surface area contributed by atoms with Crippen molar-refractivity contribution >= 4 is 22.4 Å². The molecule has 0 bridgehead atoms. The Hall–Kier alpha value is -2.85. The monoisotopic (exact) mass is 419 g/mol. The normalized spacial score (nSPS) is 14.5. The van der Waals surface area contributed by atoms with E-state index in [1.807, 2.05) is 51.1 Å². The lowest BCUT2D eigenvalue weighted by atomic mass is 9.94. The number of benzene rings is 3. The van der Waals surface area contributed by atoms with E-state index in [4.69, 9.17) is 9.47 Å². The second kappa shape index (κ2) is 11.5. The Labute approximate surface area is 185 Å². The number of hydrogen-bond donors (Lipinski definition) is 0. The van der Waals surface area contributed by atoms with E-state index in [9.17, 15) is 4.79 Å². The number of morpholine rings is 1. The summed E-state index contributed by atoms with van der Waals surface area (Å²) < 4.78 is 11.0. The first-order chi connectivity index (χ1) is 15.2. The van der Waals surface area contributed by atoms with Crippen LogP contribution in [0.3, 0.4) is 0 Å². The molecule has 1 saturated heterocycles. The molecule has 4 nitrogen and oxygen atoms in total. The van der Waals surface area contributed by atoms with Gasteiger partial charge in [0.1, 0.15) is 6.61 Å². The van der Waals surface area contributed by atoms with Crippen molar-refractivity contribution < 1.29 is 14.3 Å². The van der Waals surface area contributed by atoms with Gasteiger partial charge in [-0.05, 0) is 29.0 Å². The molecule has 0 amide bonds. The summed E-state index contributed by atoms with van der Waals surface area (Å²) >= 11 is 0. The summed E-state index contributed by atoms with van der Waals surface area (Å²) in [6, 6.07) is 22.6. The van der Waals surface area contributed by atoms with Gasteiger partial charge in [0.25, 0.3) is 0 Å². The number of hydrogen-bond acceptors (Lipinski definition) is 4. The number of esters is 1. The van der Waals surface area contributed by atoms with Crippen LogP contribution in [-0.2, 0) is 27.3 Å². The molecule has 1 heterocycles. The molecular formula is C27H33NO3. The number of anilines is 1. The SMILES string of the molecule is CC.CC(Cc1ccc(N2CCOCC2)c2ccccc12)C(=O)OCc1ccccc1. The van der Waals surface area contributed by atoms with E-state index >= 15 is 0 Å². The van der Waals surface area contributed by atoms with Gasteiger partial charge in [-0.25, -0.2) is 0 Å². The maximum atomic E-state index is 12.5. The van der Waals surface area contributed by atoms with Crippen molar-refractivity contribution in [1.82, 2.24) is 0 Å². The van der Waals surface area contributed by atoms with E-state index in [0.717, 1.165) is 31.9 Å². The van der Waals surface area contributed by atoms with E-state index in [1.165, 1.54) is 22.0 Å². The van der Waals surface area contributed by atoms with Gasteiger partial charge in [-0.3, -0.25) is 4.79 Å². The lowest BCUT2D eigenvalue weighted by molar-refractivity contribution is -0.149. The molecule has 0 spiro atoms. The first-order valence-electron chi connectivity index (χ1n) is 11.3. The van der Waals surface area contributed by atoms with Crippen molar-refractivity contribution in [3.8, 4) is 0 Å². The van der Waals surface area contributed by atoms with Crippen LogP contribution < -0.4 is 4.90 Å². The van der Waals surface area contributed by atoms with E-state index in [0.29, 0.717) is 13.0 Å². The third-order valence-electron chi connectivity index (χ3n) is 5.50. The summed E-state index contributed by atoms with van der Waals surface area (Å²) in [7, 11) is 0. The molecule has 164 valence electrons. The van der Waals surface area contributed by atoms with Crippen molar-refractivity contribution in [3.05, 3.63) is 77.9 Å². The number of rotatable bonds is 6. The topological polar surface area (TPSA) is 38.8 Å². The molecule has 4 heteroatoms. The van der Waals surface area contributed by atoms with Gasteiger partial charge in [-0.2, -0.15) is 0 Å². The van der Waals surface area contributed by atoms with Crippen LogP contribution in [-0.4, -0.2) is 32.3 Å². The molecule has 0 saturated carbocycles. The average Bonchev–Trinajstić information content (AvgIpc) is 2.85. The largest absolute Gasteiger partial charge is 0.461 e. The Bertz CT molecular complexity index is 965. The number of carbonyl (C=O) groups excluding carboxylic acids is 1. The Morgan fingerprint density at radius 2 is 1.58 bits per heavy atom. The Morgan fingerprint density at radius 1 is 0.935 bits per heavy atom. The highest BCUT2D eigenvalue weighted by atomic mass is 16.5. The molecule has 0 aliphatic carbocycles. The summed E-state index contributed by atoms with van der Waals surface area (Å²) in [6.45, 7) is 9.61. The number of fused-ring (bicyclic) bond motifs is 1. The fourth-order valence-electron chi connectivity index (χ4n) is 3.89. The molecule has 1 aliphatic rings. The molecule has 31 heavy (non-hydrogen) atoms. The standard InChI is InChI=1S/C25H27NO3.C2H6/c1-19(25(27)29-18-20-7-3-2-4-8-20)17-21-11-12-24(26-13-15-28-16-14-26)23-10-6-5-9-22(21)23;1-2/h2-12,19H,13-18H2,1H3;1-2H3. The maximum Gasteiger partial charge on any atom is 0.309 e. The van der Waals surface area contributed by atoms with Crippen molar-refractivity contribution in [2.75, 3.05) is 31.2 Å². The second-order valence-corrected chi connectivity index (χ2v) is 7.59. The van der Waals surface area contributed by atoms with E-state index in [1.54, 1.807) is 0 Å². The van der Waals surface area contributed by atoms with Gasteiger partial charge in [-0.1, -0.05) is 81.4 Å². The molecule has 0 N–H and O–H groups in total. The summed E-state index contributed by atoms with van der Waals surface area (Å²) in [4.78, 5) is 14.9. The minimum Gasteiger partial charge on any atom is -0.461 e. The zero-order valence-corrected chi connectivity index (χ0v) is 18.8. The molecule has 3 aromatic rings. The van der Waals surface area contributed by atoms with Crippen molar-refractivity contribution in [3.63, 3.8) is 0 Å². The van der Waals surface area contributed by atoms with Crippen LogP contribution >= 0.6 is 0 Å². The van der Waals surface area contributed by atoms with Gasteiger partial charge in [0.2, 0.25) is 0 Å². The lowest BCUT2D eigenvalue weighted by Crippen LogP contribution is -2.36. The van der Waals surface area contributed by atoms with Gasteiger partial charge < -0.3 is 14.4 Å². The Balaban J connectivity index is 0.00000132. The predicted octanol–water partition coefficient (Wildman–Crippen LogP) is 5.62. The van der Waals surface area contributed by atoms with E-state index < -0.39 is 0 Å². The van der Waals surface area contributed by atoms with Crippen molar-refractivity contribution in [2.24, 2.45) is 5.92 Å². The number of carbonyl (C=O) groups is 1. The molecule has 3 aromatic carbocycles. The molecule has 1 aliphatic heterocycles. The number of nitrogens with zero attached hydrogens (tertiary/aromatic N) is 1. The van der Waals surface area contributed by atoms with Crippen LogP contribution in [0.25, 0.3) is 10.8 Å². The molecule has 1 fully saturated rings. The van der Waals surface area contributed by atoms with Gasteiger partial charge in [0.05, 0.1) is 19.1 Å². The number of ether oxygens (including phenoxy) is 2. The highest BCUT2D eigenvalue weighted by Crippen LogP contribution is 2.31. The van der Waals surface area contributed by atoms with E-state index in [-0.39, 0.29) is 11.9 Å². The van der Waals surface area contributed by atoms with Crippen LogP contribution in [0.15, 0.2) is 66.7 Å². The van der Waals surface area contributed by atoms with Gasteiger partial charge in [0, 0.05) is 24.2 Å². The first-order valence-corrected chi connectivity index (χ1v) is 11.3. The van der Waals surface area contributed by atoms with Crippen LogP contribution in [0.4, 0.5) is 5.69 Å². The minimum atomic E-state index is -0.198. The van der Waals surface area contributed by atoms with Crippen LogP contribution in [0.2, 0.25) is 0 Å². The highest BCUT2D eigenvalue weighted by Gasteiger charge is 2.19. The summed E-state index contributed by atoms with van der Waals surface area (Å²) in [5, 5.41) is 2.44. The quantitative estimate of drug-likeness (QED) is 0.486. The molecule has 1 atom stereocenters. The fourth-order valence-corrected chi connectivity index (χ4v) is 3.89. The molecule has 4 rings (SSSR count). The Kier molecular flexibility index (Phi) is 8.48. The fraction of sp³-hybridized carbons (Fsp3) is 0.370. The average molecular weight is 420 g/mol. The smallest absolute Gasteiger partial charge is 0.309 e. The first kappa shape index (κ1) is 22.8. The van der Waals surface area contributed by atoms with Gasteiger partial charge in [-0.15, -0.1) is 0 Å². The van der Waals surface area contributed by atoms with Crippen LogP contribution in [0, 0.1) is 5.92 Å². The van der Waals surface area contributed by atoms with Gasteiger partial charge in [0.15, 0.2) is 0 Å². The van der Waals surface area contributed by atoms with Crippen molar-refractivity contribution in [1.29, 1.82) is 0 Å². The molecule has 0 aromatic heterocycles. The summed E-state index contributed by atoms with van der Waals surface area (Å²) in [5.74, 6) is -0.355. The minimum absolute atomic E-state index is 0.157. The predicted molar refractivity (Wildman–Crippen MR) is 127 cm³/mol. The molecule has 0 radical (unpaired) electrons. The summed E-state index contributed by atoms with van der Waals surface area (Å²) in [6.07, 6.45) is 0.664. The molecular weight excluding hydrogens is 386 g/mol. The summed E-state index contributed by atoms with van der Waals surface area (Å²) in [5.41, 5.74) is 3.43. The highest BCUT2D eigenvalue weighted by molar-refractivity contribution is 5.96. The molecule has 1 unspecified atom stereocenters. The van der Waals surface area contributed by atoms with Gasteiger partial charge >= 0.3 is 5.97 Å². The zero-order chi connectivity index (χ0) is 22.1. The second-order valence-electron chi connectivity index (χ2n) is 7.59. The third kappa shape index (κ3) is 5.86. The lowest BCUT2D eigenvalue weighted by Gasteiger charge is -2.30. The van der Waals surface area contributed by atoms with E-state index in [2.05, 4.69) is 41.3 Å². The Morgan fingerprint density at radius 3 is 2.29 bits per heavy atom. The zero-order valence-electron chi connectivity index (χ0n) is 18.8. The van der Waals surface area contributed by atoms with Crippen LogP contribution in [0.1, 0.15) is 31.9 Å².